The first-order valence-corrected chi connectivity index (χ1v) is 6.87. The van der Waals surface area contributed by atoms with Crippen molar-refractivity contribution in [2.45, 2.75) is 44.7 Å². The molecule has 2 amide bonds. The van der Waals surface area contributed by atoms with Crippen LogP contribution < -0.4 is 10.6 Å². The van der Waals surface area contributed by atoms with Gasteiger partial charge in [-0.25, -0.2) is 4.79 Å². The van der Waals surface area contributed by atoms with Gasteiger partial charge in [-0.2, -0.15) is 0 Å². The number of aliphatic carboxylic acids is 1. The van der Waals surface area contributed by atoms with Gasteiger partial charge in [0.05, 0.1) is 12.2 Å². The maximum atomic E-state index is 11.8. The maximum Gasteiger partial charge on any atom is 0.315 e. The smallest absolute Gasteiger partial charge is 0.315 e. The molecule has 6 nitrogen and oxygen atoms in total. The van der Waals surface area contributed by atoms with E-state index in [2.05, 4.69) is 10.6 Å². The number of urea groups is 1. The number of furan rings is 1. The minimum absolute atomic E-state index is 0.0437. The monoisotopic (exact) mass is 280 g/mol. The molecule has 2 rings (SSSR count). The van der Waals surface area contributed by atoms with Crippen LogP contribution in [0.15, 0.2) is 22.8 Å². The van der Waals surface area contributed by atoms with Crippen LogP contribution in [0.2, 0.25) is 0 Å². The summed E-state index contributed by atoms with van der Waals surface area (Å²) in [6.07, 6.45) is 4.09. The molecule has 1 aliphatic rings. The van der Waals surface area contributed by atoms with Crippen LogP contribution in [-0.2, 0) is 11.2 Å². The normalized spacial score (nSPS) is 23.2. The molecular weight excluding hydrogens is 260 g/mol. The molecule has 1 aromatic heterocycles. The first-order chi connectivity index (χ1) is 9.54. The van der Waals surface area contributed by atoms with Gasteiger partial charge in [0.2, 0.25) is 0 Å². The summed E-state index contributed by atoms with van der Waals surface area (Å²) in [7, 11) is 0. The standard InChI is InChI=1S/C14H20N2O4/c1-9(7-12-3-2-6-20-12)15-14(19)16-11-5-4-10(8-11)13(17)18/h2-3,6,9-11H,4-5,7-8H2,1H3,(H,17,18)(H2,15,16,19)/t9?,10-,11+/m1/s1. The highest BCUT2D eigenvalue weighted by molar-refractivity contribution is 5.75. The predicted molar refractivity (Wildman–Crippen MR) is 72.3 cm³/mol. The third kappa shape index (κ3) is 4.01. The lowest BCUT2D eigenvalue weighted by Gasteiger charge is -2.17. The van der Waals surface area contributed by atoms with Crippen LogP contribution in [0.3, 0.4) is 0 Å². The molecule has 0 bridgehead atoms. The van der Waals surface area contributed by atoms with Crippen molar-refractivity contribution < 1.29 is 19.1 Å². The Kier molecular flexibility index (Phi) is 4.65. The molecule has 0 radical (unpaired) electrons. The molecule has 1 aliphatic carbocycles. The molecule has 0 saturated heterocycles. The second kappa shape index (κ2) is 6.45. The van der Waals surface area contributed by atoms with Crippen LogP contribution >= 0.6 is 0 Å². The molecule has 1 aromatic rings. The molecule has 0 aliphatic heterocycles. The van der Waals surface area contributed by atoms with Crippen molar-refractivity contribution in [2.24, 2.45) is 5.92 Å². The van der Waals surface area contributed by atoms with E-state index in [1.165, 1.54) is 0 Å². The summed E-state index contributed by atoms with van der Waals surface area (Å²) in [5.74, 6) is -0.286. The predicted octanol–water partition coefficient (Wildman–Crippen LogP) is 1.76. The highest BCUT2D eigenvalue weighted by atomic mass is 16.4. The molecule has 0 spiro atoms. The van der Waals surface area contributed by atoms with Crippen molar-refractivity contribution in [3.05, 3.63) is 24.2 Å². The zero-order valence-electron chi connectivity index (χ0n) is 11.5. The molecule has 1 saturated carbocycles. The van der Waals surface area contributed by atoms with Crippen LogP contribution in [-0.4, -0.2) is 29.2 Å². The quantitative estimate of drug-likeness (QED) is 0.766. The van der Waals surface area contributed by atoms with Crippen LogP contribution in [0.4, 0.5) is 4.79 Å². The van der Waals surface area contributed by atoms with Gasteiger partial charge in [0, 0.05) is 18.5 Å². The van der Waals surface area contributed by atoms with E-state index < -0.39 is 5.97 Å². The number of rotatable bonds is 5. The topological polar surface area (TPSA) is 91.6 Å². The lowest BCUT2D eigenvalue weighted by molar-refractivity contribution is -0.141. The van der Waals surface area contributed by atoms with Gasteiger partial charge in [0.15, 0.2) is 0 Å². The van der Waals surface area contributed by atoms with E-state index >= 15 is 0 Å². The Morgan fingerprint density at radius 1 is 1.50 bits per heavy atom. The fourth-order valence-corrected chi connectivity index (χ4v) is 2.57. The lowest BCUT2D eigenvalue weighted by atomic mass is 10.1. The van der Waals surface area contributed by atoms with Crippen molar-refractivity contribution >= 4 is 12.0 Å². The third-order valence-corrected chi connectivity index (χ3v) is 3.58. The van der Waals surface area contributed by atoms with Crippen molar-refractivity contribution in [1.82, 2.24) is 10.6 Å². The van der Waals surface area contributed by atoms with Gasteiger partial charge in [0.1, 0.15) is 5.76 Å². The highest BCUT2D eigenvalue weighted by Crippen LogP contribution is 2.25. The Bertz CT molecular complexity index is 458. The second-order valence-corrected chi connectivity index (χ2v) is 5.35. The summed E-state index contributed by atoms with van der Waals surface area (Å²) < 4.78 is 5.22. The van der Waals surface area contributed by atoms with Gasteiger partial charge in [0.25, 0.3) is 0 Å². The number of carbonyl (C=O) groups excluding carboxylic acids is 1. The molecule has 3 N–H and O–H groups in total. The van der Waals surface area contributed by atoms with Gasteiger partial charge in [-0.15, -0.1) is 0 Å². The third-order valence-electron chi connectivity index (χ3n) is 3.58. The Morgan fingerprint density at radius 3 is 2.90 bits per heavy atom. The second-order valence-electron chi connectivity index (χ2n) is 5.35. The molecule has 6 heteroatoms. The molecule has 20 heavy (non-hydrogen) atoms. The summed E-state index contributed by atoms with van der Waals surface area (Å²) >= 11 is 0. The number of hydrogen-bond donors (Lipinski definition) is 3. The fraction of sp³-hybridized carbons (Fsp3) is 0.571. The van der Waals surface area contributed by atoms with Crippen molar-refractivity contribution in [1.29, 1.82) is 0 Å². The Balaban J connectivity index is 1.71. The summed E-state index contributed by atoms with van der Waals surface area (Å²) in [5, 5.41) is 14.6. The van der Waals surface area contributed by atoms with Crippen LogP contribution in [0.1, 0.15) is 31.9 Å². The van der Waals surface area contributed by atoms with E-state index in [1.807, 2.05) is 19.1 Å². The summed E-state index contributed by atoms with van der Waals surface area (Å²) in [4.78, 5) is 22.7. The number of carboxylic acid groups (broad SMARTS) is 1. The molecular formula is C14H20N2O4. The van der Waals surface area contributed by atoms with E-state index in [9.17, 15) is 9.59 Å². The first kappa shape index (κ1) is 14.4. The largest absolute Gasteiger partial charge is 0.481 e. The average Bonchev–Trinajstić information content (AvgIpc) is 2.99. The molecule has 1 fully saturated rings. The number of carbonyl (C=O) groups is 2. The van der Waals surface area contributed by atoms with Gasteiger partial charge in [-0.05, 0) is 38.3 Å². The Hall–Kier alpha value is -1.98. The average molecular weight is 280 g/mol. The minimum Gasteiger partial charge on any atom is -0.481 e. The SMILES string of the molecule is CC(Cc1ccco1)NC(=O)N[C@H]1CC[C@@H](C(=O)O)C1. The minimum atomic E-state index is -0.777. The first-order valence-electron chi connectivity index (χ1n) is 6.87. The van der Waals surface area contributed by atoms with Crippen molar-refractivity contribution in [3.63, 3.8) is 0 Å². The van der Waals surface area contributed by atoms with E-state index in [0.717, 1.165) is 12.2 Å². The Morgan fingerprint density at radius 2 is 2.30 bits per heavy atom. The van der Waals surface area contributed by atoms with Crippen molar-refractivity contribution in [2.75, 3.05) is 0 Å². The van der Waals surface area contributed by atoms with E-state index in [4.69, 9.17) is 9.52 Å². The zero-order valence-corrected chi connectivity index (χ0v) is 11.5. The molecule has 3 atom stereocenters. The zero-order chi connectivity index (χ0) is 14.5. The number of carboxylic acids is 1. The Labute approximate surface area is 117 Å². The van der Waals surface area contributed by atoms with Crippen molar-refractivity contribution in [3.8, 4) is 0 Å². The highest BCUT2D eigenvalue weighted by Gasteiger charge is 2.30. The maximum absolute atomic E-state index is 11.8. The lowest BCUT2D eigenvalue weighted by Crippen LogP contribution is -2.45. The molecule has 0 aromatic carbocycles. The molecule has 110 valence electrons. The van der Waals surface area contributed by atoms with Crippen LogP contribution in [0, 0.1) is 5.92 Å². The number of hydrogen-bond acceptors (Lipinski definition) is 3. The van der Waals surface area contributed by atoms with E-state index in [-0.39, 0.29) is 24.0 Å². The molecule has 1 heterocycles. The van der Waals surface area contributed by atoms with Gasteiger partial charge in [-0.1, -0.05) is 0 Å². The van der Waals surface area contributed by atoms with Gasteiger partial charge in [-0.3, -0.25) is 4.79 Å². The number of amides is 2. The van der Waals surface area contributed by atoms with Crippen LogP contribution in [0.5, 0.6) is 0 Å². The fourth-order valence-electron chi connectivity index (χ4n) is 2.57. The number of nitrogens with one attached hydrogen (secondary N) is 2. The van der Waals surface area contributed by atoms with E-state index in [1.54, 1.807) is 6.26 Å². The van der Waals surface area contributed by atoms with E-state index in [0.29, 0.717) is 19.3 Å². The molecule has 1 unspecified atom stereocenters. The van der Waals surface area contributed by atoms with Gasteiger partial charge >= 0.3 is 12.0 Å². The van der Waals surface area contributed by atoms with Crippen LogP contribution in [0.25, 0.3) is 0 Å². The summed E-state index contributed by atoms with van der Waals surface area (Å²) in [6.45, 7) is 1.90. The summed E-state index contributed by atoms with van der Waals surface area (Å²) in [5.41, 5.74) is 0. The summed E-state index contributed by atoms with van der Waals surface area (Å²) in [6, 6.07) is 3.34. The van der Waals surface area contributed by atoms with Gasteiger partial charge < -0.3 is 20.2 Å².